The molecule has 5 unspecified atom stereocenters. The highest BCUT2D eigenvalue weighted by Crippen LogP contribution is 2.52. The fraction of sp³-hybridized carbons (Fsp3) is 0.444. The predicted molar refractivity (Wildman–Crippen MR) is 134 cm³/mol. The van der Waals surface area contributed by atoms with Crippen LogP contribution in [0.3, 0.4) is 0 Å². The second-order valence-electron chi connectivity index (χ2n) is 10.4. The number of phenolic OH excluding ortho intramolecular Hbond substituents is 2. The summed E-state index contributed by atoms with van der Waals surface area (Å²) in [7, 11) is 1.29. The van der Waals surface area contributed by atoms with Gasteiger partial charge in [-0.15, -0.1) is 0 Å². The van der Waals surface area contributed by atoms with E-state index in [0.29, 0.717) is 0 Å². The molecule has 5 rings (SSSR count). The molecule has 1 fully saturated rings. The van der Waals surface area contributed by atoms with E-state index in [1.807, 2.05) is 0 Å². The number of aliphatic hydroxyl groups excluding tert-OH is 2. The summed E-state index contributed by atoms with van der Waals surface area (Å²) in [6, 6.07) is 2.98. The normalized spacial score (nSPS) is 29.8. The largest absolute Gasteiger partial charge is 0.600 e. The van der Waals surface area contributed by atoms with Crippen molar-refractivity contribution in [3.8, 4) is 17.2 Å². The lowest BCUT2D eigenvalue weighted by Crippen LogP contribution is -3.11. The van der Waals surface area contributed by atoms with Gasteiger partial charge in [0, 0.05) is 29.5 Å². The van der Waals surface area contributed by atoms with Crippen molar-refractivity contribution in [3.05, 3.63) is 56.8 Å². The molecule has 1 aliphatic heterocycles. The monoisotopic (exact) mass is 575 g/mol. The molecule has 1 heterocycles. The van der Waals surface area contributed by atoms with Gasteiger partial charge in [-0.05, 0) is 13.0 Å². The first-order valence-corrected chi connectivity index (χ1v) is 12.8. The molecule has 14 heteroatoms. The Labute approximate surface area is 232 Å². The average Bonchev–Trinajstić information content (AvgIpc) is 2.94. The number of methoxy groups -OCH3 is 1. The molecule has 0 saturated carbocycles. The molecule has 1 saturated heterocycles. The van der Waals surface area contributed by atoms with E-state index < -0.39 is 101 Å². The van der Waals surface area contributed by atoms with Gasteiger partial charge in [-0.1, -0.05) is 12.1 Å². The maximum atomic E-state index is 13.7. The number of hydrogen-bond donors (Lipinski definition) is 7. The van der Waals surface area contributed by atoms with Crippen molar-refractivity contribution >= 4 is 17.3 Å². The van der Waals surface area contributed by atoms with Crippen molar-refractivity contribution < 1.29 is 64.6 Å². The Hall–Kier alpha value is -3.47. The number of benzene rings is 2. The third-order valence-electron chi connectivity index (χ3n) is 8.08. The number of phenols is 2. The Morgan fingerprint density at radius 2 is 1.85 bits per heavy atom. The third kappa shape index (κ3) is 4.49. The van der Waals surface area contributed by atoms with Gasteiger partial charge in [0.05, 0.1) is 42.4 Å². The van der Waals surface area contributed by atoms with Crippen molar-refractivity contribution in [2.24, 2.45) is 0 Å². The Kier molecular flexibility index (Phi) is 7.38. The van der Waals surface area contributed by atoms with Gasteiger partial charge in [0.1, 0.15) is 35.6 Å². The summed E-state index contributed by atoms with van der Waals surface area (Å²) in [5.74, 6) is -4.14. The zero-order chi connectivity index (χ0) is 30.0. The summed E-state index contributed by atoms with van der Waals surface area (Å²) in [6.07, 6.45) is -6.74. The average molecular weight is 576 g/mol. The lowest BCUT2D eigenvalue weighted by atomic mass is 9.72. The zero-order valence-corrected chi connectivity index (χ0v) is 22.0. The molecule has 0 radical (unpaired) electrons. The fourth-order valence-electron chi connectivity index (χ4n) is 5.96. The van der Waals surface area contributed by atoms with Crippen LogP contribution >= 0.6 is 0 Å². The molecular weight excluding hydrogens is 546 g/mol. The summed E-state index contributed by atoms with van der Waals surface area (Å²) in [6.45, 7) is 0.344. The van der Waals surface area contributed by atoms with Gasteiger partial charge in [-0.25, -0.2) is 10.4 Å². The smallest absolute Gasteiger partial charge is 0.202 e. The molecule has 2 aromatic carbocycles. The molecule has 2 aromatic rings. The fourth-order valence-corrected chi connectivity index (χ4v) is 5.96. The van der Waals surface area contributed by atoms with E-state index in [9.17, 15) is 50.3 Å². The van der Waals surface area contributed by atoms with Gasteiger partial charge < -0.3 is 45.0 Å². The van der Waals surface area contributed by atoms with E-state index in [0.717, 1.165) is 0 Å². The number of carbonyl (C=O) groups is 3. The van der Waals surface area contributed by atoms with Crippen LogP contribution in [-0.4, -0.2) is 91.9 Å². The van der Waals surface area contributed by atoms with Crippen LogP contribution < -0.4 is 9.96 Å². The summed E-state index contributed by atoms with van der Waals surface area (Å²) in [5, 5.41) is 73.8. The second-order valence-corrected chi connectivity index (χ2v) is 10.4. The number of quaternary nitrogens is 1. The molecule has 3 aliphatic rings. The number of fused-ring (bicyclic) bond motifs is 3. The van der Waals surface area contributed by atoms with Gasteiger partial charge in [0.15, 0.2) is 23.9 Å². The molecule has 0 amide bonds. The molecule has 0 aromatic heterocycles. The molecule has 7 atom stereocenters. The summed E-state index contributed by atoms with van der Waals surface area (Å²) in [5.41, 5.74) is -4.12. The number of ether oxygens (including phenoxy) is 3. The molecule has 0 bridgehead atoms. The van der Waals surface area contributed by atoms with Crippen molar-refractivity contribution in [2.45, 2.75) is 62.4 Å². The maximum Gasteiger partial charge on any atom is 0.202 e. The zero-order valence-electron chi connectivity index (χ0n) is 22.0. The van der Waals surface area contributed by atoms with Crippen LogP contribution in [0.2, 0.25) is 0 Å². The van der Waals surface area contributed by atoms with Crippen LogP contribution in [-0.2, 0) is 20.7 Å². The van der Waals surface area contributed by atoms with Gasteiger partial charge in [0.25, 0.3) is 0 Å². The quantitative estimate of drug-likeness (QED) is 0.136. The number of carbonyl (C=O) groups excluding carboxylic acids is 3. The minimum absolute atomic E-state index is 0.0571. The van der Waals surface area contributed by atoms with Crippen LogP contribution in [0.4, 0.5) is 0 Å². The molecule has 41 heavy (non-hydrogen) atoms. The van der Waals surface area contributed by atoms with Crippen molar-refractivity contribution in [1.82, 2.24) is 0 Å². The highest BCUT2D eigenvalue weighted by atomic mass is 16.8. The number of hydroxylamine groups is 2. The lowest BCUT2D eigenvalue weighted by Gasteiger charge is -2.43. The van der Waals surface area contributed by atoms with Gasteiger partial charge in [-0.3, -0.25) is 14.4 Å². The molecule has 220 valence electrons. The van der Waals surface area contributed by atoms with Crippen molar-refractivity contribution in [1.29, 1.82) is 0 Å². The minimum atomic E-state index is -2.33. The van der Waals surface area contributed by atoms with Gasteiger partial charge >= 0.3 is 0 Å². The Balaban J connectivity index is 1.67. The summed E-state index contributed by atoms with van der Waals surface area (Å²) >= 11 is 0. The molecular formula is C27H29NO13. The van der Waals surface area contributed by atoms with Crippen LogP contribution in [0, 0.1) is 5.21 Å². The first kappa shape index (κ1) is 29.0. The van der Waals surface area contributed by atoms with Crippen molar-refractivity contribution in [2.75, 3.05) is 13.7 Å². The highest BCUT2D eigenvalue weighted by molar-refractivity contribution is 6.31. The third-order valence-corrected chi connectivity index (χ3v) is 8.08. The Morgan fingerprint density at radius 1 is 1.17 bits per heavy atom. The first-order valence-electron chi connectivity index (χ1n) is 12.8. The van der Waals surface area contributed by atoms with E-state index in [1.54, 1.807) is 0 Å². The van der Waals surface area contributed by atoms with E-state index >= 15 is 0 Å². The molecule has 7 N–H and O–H groups in total. The SMILES string of the molecule is COc1cccc2c1C(=O)c1c(O)c3c(c(O)c1C2=O)C[C@@](O)(C(=O)CO)C[C@@H]3OC1CC([NH+]([O-])O)C(O)C(C)O1. The van der Waals surface area contributed by atoms with E-state index in [4.69, 9.17) is 14.2 Å². The maximum absolute atomic E-state index is 13.7. The van der Waals surface area contributed by atoms with E-state index in [1.165, 1.54) is 32.2 Å². The second kappa shape index (κ2) is 10.4. The number of rotatable bonds is 6. The predicted octanol–water partition coefficient (Wildman–Crippen LogP) is -1.19. The topological polar surface area (TPSA) is 228 Å². The van der Waals surface area contributed by atoms with Gasteiger partial charge in [-0.2, -0.15) is 0 Å². The van der Waals surface area contributed by atoms with Crippen LogP contribution in [0.1, 0.15) is 68.8 Å². The number of nitrogens with one attached hydrogen (secondary N) is 1. The highest BCUT2D eigenvalue weighted by Gasteiger charge is 2.50. The number of Topliss-reactive ketones (excluding diaryl/α,β-unsaturated/α-hetero) is 1. The van der Waals surface area contributed by atoms with Crippen LogP contribution in [0.15, 0.2) is 18.2 Å². The van der Waals surface area contributed by atoms with Gasteiger partial charge in [0.2, 0.25) is 5.78 Å². The Morgan fingerprint density at radius 3 is 2.49 bits per heavy atom. The Bertz CT molecular complexity index is 1440. The lowest BCUT2D eigenvalue weighted by molar-refractivity contribution is -1.07. The van der Waals surface area contributed by atoms with E-state index in [-0.39, 0.29) is 34.4 Å². The number of ketones is 3. The first-order chi connectivity index (χ1) is 19.3. The minimum Gasteiger partial charge on any atom is -0.600 e. The molecule has 14 nitrogen and oxygen atoms in total. The molecule has 2 aliphatic carbocycles. The van der Waals surface area contributed by atoms with Crippen molar-refractivity contribution in [3.63, 3.8) is 0 Å². The van der Waals surface area contributed by atoms with Crippen LogP contribution in [0.5, 0.6) is 17.2 Å². The number of hydrogen-bond acceptors (Lipinski definition) is 13. The number of aliphatic hydroxyl groups is 3. The summed E-state index contributed by atoms with van der Waals surface area (Å²) < 4.78 is 16.8. The molecule has 0 spiro atoms. The van der Waals surface area contributed by atoms with E-state index in [2.05, 4.69) is 0 Å². The standard InChI is InChI=1S/C27H29NO13/c1-10-22(31)13(28(37)38)6-17(40-10)41-15-8-27(36,16(30)9-29)7-12-19(15)26(35)21-20(24(12)33)23(32)11-4-3-5-14(39-2)18(11)25(21)34/h3-5,10,13,15,17,22,28-29,31,33,35-37H,6-9H2,1-2H3/t10?,13?,15-,17?,22?,27-/m0/s1. The number of aromatic hydroxyl groups is 2. The van der Waals surface area contributed by atoms with Crippen LogP contribution in [0.25, 0.3) is 0 Å². The summed E-state index contributed by atoms with van der Waals surface area (Å²) in [4.78, 5) is 39.8.